The van der Waals surface area contributed by atoms with Gasteiger partial charge >= 0.3 is 6.03 Å². The molecule has 28 heavy (non-hydrogen) atoms. The van der Waals surface area contributed by atoms with Crippen molar-refractivity contribution >= 4 is 22.6 Å². The minimum absolute atomic E-state index is 0.272. The SMILES string of the molecule is COc1cccc(CNC(=O)Nc2ccc3c(ccn3CC(C)C)c2)c1OC. The molecule has 0 bridgehead atoms. The van der Waals surface area contributed by atoms with Crippen LogP contribution in [0.1, 0.15) is 19.4 Å². The maximum Gasteiger partial charge on any atom is 0.319 e. The highest BCUT2D eigenvalue weighted by Gasteiger charge is 2.11. The van der Waals surface area contributed by atoms with Crippen LogP contribution in [0.4, 0.5) is 10.5 Å². The van der Waals surface area contributed by atoms with Gasteiger partial charge in [-0.1, -0.05) is 26.0 Å². The number of ether oxygens (including phenoxy) is 2. The van der Waals surface area contributed by atoms with Gasteiger partial charge in [-0.05, 0) is 36.2 Å². The summed E-state index contributed by atoms with van der Waals surface area (Å²) in [6.07, 6.45) is 2.09. The van der Waals surface area contributed by atoms with E-state index in [2.05, 4.69) is 41.3 Å². The number of urea groups is 1. The van der Waals surface area contributed by atoms with Gasteiger partial charge in [0.25, 0.3) is 0 Å². The van der Waals surface area contributed by atoms with Crippen molar-refractivity contribution in [2.45, 2.75) is 26.9 Å². The second kappa shape index (κ2) is 8.69. The first kappa shape index (κ1) is 19.6. The highest BCUT2D eigenvalue weighted by atomic mass is 16.5. The van der Waals surface area contributed by atoms with Gasteiger partial charge in [0.05, 0.1) is 14.2 Å². The largest absolute Gasteiger partial charge is 0.493 e. The van der Waals surface area contributed by atoms with Crippen LogP contribution in [-0.2, 0) is 13.1 Å². The Kier molecular flexibility index (Phi) is 6.09. The molecule has 2 amide bonds. The normalized spacial score (nSPS) is 10.9. The van der Waals surface area contributed by atoms with Crippen LogP contribution < -0.4 is 20.1 Å². The molecular weight excluding hydrogens is 354 g/mol. The molecule has 3 rings (SSSR count). The Morgan fingerprint density at radius 1 is 1.11 bits per heavy atom. The third-order valence-corrected chi connectivity index (χ3v) is 4.51. The van der Waals surface area contributed by atoms with E-state index >= 15 is 0 Å². The van der Waals surface area contributed by atoms with Gasteiger partial charge in [0.2, 0.25) is 0 Å². The zero-order valence-corrected chi connectivity index (χ0v) is 16.8. The van der Waals surface area contributed by atoms with Gasteiger partial charge in [-0.2, -0.15) is 0 Å². The van der Waals surface area contributed by atoms with E-state index in [0.717, 1.165) is 23.2 Å². The van der Waals surface area contributed by atoms with Crippen LogP contribution in [0, 0.1) is 5.92 Å². The van der Waals surface area contributed by atoms with E-state index in [1.165, 1.54) is 5.52 Å². The predicted octanol–water partition coefficient (Wildman–Crippen LogP) is 4.64. The molecule has 148 valence electrons. The van der Waals surface area contributed by atoms with E-state index in [9.17, 15) is 4.79 Å². The molecule has 0 saturated heterocycles. The maximum absolute atomic E-state index is 12.3. The zero-order chi connectivity index (χ0) is 20.1. The summed E-state index contributed by atoms with van der Waals surface area (Å²) in [6.45, 7) is 5.70. The zero-order valence-electron chi connectivity index (χ0n) is 16.8. The fourth-order valence-corrected chi connectivity index (χ4v) is 3.27. The van der Waals surface area contributed by atoms with Gasteiger partial charge in [0.15, 0.2) is 11.5 Å². The molecule has 2 N–H and O–H groups in total. The highest BCUT2D eigenvalue weighted by Crippen LogP contribution is 2.30. The number of hydrogen-bond acceptors (Lipinski definition) is 3. The lowest BCUT2D eigenvalue weighted by atomic mass is 10.2. The Labute approximate surface area is 165 Å². The number of nitrogens with zero attached hydrogens (tertiary/aromatic N) is 1. The van der Waals surface area contributed by atoms with E-state index in [-0.39, 0.29) is 6.03 Å². The van der Waals surface area contributed by atoms with E-state index in [1.54, 1.807) is 14.2 Å². The van der Waals surface area contributed by atoms with Crippen molar-refractivity contribution in [1.29, 1.82) is 0 Å². The van der Waals surface area contributed by atoms with Crippen molar-refractivity contribution in [2.24, 2.45) is 5.92 Å². The number of nitrogens with one attached hydrogen (secondary N) is 2. The van der Waals surface area contributed by atoms with Crippen molar-refractivity contribution < 1.29 is 14.3 Å². The number of methoxy groups -OCH3 is 2. The topological polar surface area (TPSA) is 64.5 Å². The summed E-state index contributed by atoms with van der Waals surface area (Å²) >= 11 is 0. The number of para-hydroxylation sites is 1. The smallest absolute Gasteiger partial charge is 0.319 e. The average Bonchev–Trinajstić information content (AvgIpc) is 3.07. The third-order valence-electron chi connectivity index (χ3n) is 4.51. The molecule has 0 radical (unpaired) electrons. The maximum atomic E-state index is 12.3. The summed E-state index contributed by atoms with van der Waals surface area (Å²) in [4.78, 5) is 12.3. The van der Waals surface area contributed by atoms with Crippen LogP contribution >= 0.6 is 0 Å². The van der Waals surface area contributed by atoms with E-state index in [1.807, 2.05) is 36.4 Å². The molecule has 1 aromatic heterocycles. The summed E-state index contributed by atoms with van der Waals surface area (Å²) in [5.74, 6) is 1.84. The van der Waals surface area contributed by atoms with Crippen LogP contribution in [0.25, 0.3) is 10.9 Å². The highest BCUT2D eigenvalue weighted by molar-refractivity contribution is 5.93. The van der Waals surface area contributed by atoms with Crippen LogP contribution in [0.2, 0.25) is 0 Å². The summed E-state index contributed by atoms with van der Waals surface area (Å²) in [5.41, 5.74) is 2.77. The molecule has 6 nitrogen and oxygen atoms in total. The number of carbonyl (C=O) groups is 1. The molecule has 0 saturated carbocycles. The second-order valence-electron chi connectivity index (χ2n) is 7.10. The number of amides is 2. The average molecular weight is 381 g/mol. The van der Waals surface area contributed by atoms with E-state index in [0.29, 0.717) is 24.0 Å². The molecule has 2 aromatic carbocycles. The number of benzene rings is 2. The molecular formula is C22H27N3O3. The van der Waals surface area contributed by atoms with Crippen molar-refractivity contribution in [2.75, 3.05) is 19.5 Å². The predicted molar refractivity (Wildman–Crippen MR) is 112 cm³/mol. The Hall–Kier alpha value is -3.15. The van der Waals surface area contributed by atoms with E-state index in [4.69, 9.17) is 9.47 Å². The van der Waals surface area contributed by atoms with Gasteiger partial charge in [0, 0.05) is 41.4 Å². The lowest BCUT2D eigenvalue weighted by molar-refractivity contribution is 0.251. The molecule has 6 heteroatoms. The quantitative estimate of drug-likeness (QED) is 0.627. The number of carbonyl (C=O) groups excluding carboxylic acids is 1. The molecule has 0 fully saturated rings. The minimum Gasteiger partial charge on any atom is -0.493 e. The van der Waals surface area contributed by atoms with Crippen LogP contribution in [0.5, 0.6) is 11.5 Å². The molecule has 0 aliphatic heterocycles. The summed E-state index contributed by atoms with van der Waals surface area (Å²) in [5, 5.41) is 6.86. The molecule has 0 spiro atoms. The van der Waals surface area contributed by atoms with Gasteiger partial charge in [-0.3, -0.25) is 0 Å². The molecule has 0 atom stereocenters. The Bertz CT molecular complexity index is 963. The number of fused-ring (bicyclic) bond motifs is 1. The minimum atomic E-state index is -0.272. The van der Waals surface area contributed by atoms with Gasteiger partial charge in [-0.25, -0.2) is 4.79 Å². The number of anilines is 1. The number of hydrogen-bond donors (Lipinski definition) is 2. The first-order valence-corrected chi connectivity index (χ1v) is 9.35. The molecule has 1 heterocycles. The monoisotopic (exact) mass is 381 g/mol. The van der Waals surface area contributed by atoms with Crippen LogP contribution in [-0.4, -0.2) is 24.8 Å². The van der Waals surface area contributed by atoms with Crippen molar-refractivity contribution in [3.8, 4) is 11.5 Å². The third kappa shape index (κ3) is 4.39. The van der Waals surface area contributed by atoms with Gasteiger partial charge in [0.1, 0.15) is 0 Å². The van der Waals surface area contributed by atoms with Crippen molar-refractivity contribution in [1.82, 2.24) is 9.88 Å². The first-order valence-electron chi connectivity index (χ1n) is 9.35. The van der Waals surface area contributed by atoms with Crippen LogP contribution in [0.3, 0.4) is 0 Å². The molecule has 0 aliphatic rings. The Morgan fingerprint density at radius 3 is 2.64 bits per heavy atom. The number of rotatable bonds is 7. The van der Waals surface area contributed by atoms with E-state index < -0.39 is 0 Å². The fraction of sp³-hybridized carbons (Fsp3) is 0.318. The Balaban J connectivity index is 1.65. The lowest BCUT2D eigenvalue weighted by Crippen LogP contribution is -2.28. The standard InChI is InChI=1S/C22H27N3O3/c1-15(2)14-25-11-10-16-12-18(8-9-19(16)25)24-22(26)23-13-17-6-5-7-20(27-3)21(17)28-4/h5-12,15H,13-14H2,1-4H3,(H2,23,24,26). The summed E-state index contributed by atoms with van der Waals surface area (Å²) < 4.78 is 12.9. The van der Waals surface area contributed by atoms with Crippen LogP contribution in [0.15, 0.2) is 48.7 Å². The Morgan fingerprint density at radius 2 is 1.93 bits per heavy atom. The van der Waals surface area contributed by atoms with Gasteiger partial charge < -0.3 is 24.7 Å². The van der Waals surface area contributed by atoms with Crippen molar-refractivity contribution in [3.63, 3.8) is 0 Å². The first-order chi connectivity index (χ1) is 13.5. The summed E-state index contributed by atoms with van der Waals surface area (Å²) in [7, 11) is 3.18. The van der Waals surface area contributed by atoms with Crippen molar-refractivity contribution in [3.05, 3.63) is 54.2 Å². The second-order valence-corrected chi connectivity index (χ2v) is 7.10. The van der Waals surface area contributed by atoms with Gasteiger partial charge in [-0.15, -0.1) is 0 Å². The molecule has 3 aromatic rings. The lowest BCUT2D eigenvalue weighted by Gasteiger charge is -2.13. The fourth-order valence-electron chi connectivity index (χ4n) is 3.27. The molecule has 0 aliphatic carbocycles. The number of aromatic nitrogens is 1. The molecule has 0 unspecified atom stereocenters. The summed E-state index contributed by atoms with van der Waals surface area (Å²) in [6, 6.07) is 13.3.